The second-order valence-electron chi connectivity index (χ2n) is 9.49. The van der Waals surface area contributed by atoms with Crippen molar-refractivity contribution in [2.75, 3.05) is 38.9 Å². The van der Waals surface area contributed by atoms with E-state index in [1.165, 1.54) is 0 Å². The molecule has 5 rings (SSSR count). The van der Waals surface area contributed by atoms with Crippen molar-refractivity contribution in [3.05, 3.63) is 34.9 Å². The van der Waals surface area contributed by atoms with Crippen LogP contribution in [0.1, 0.15) is 55.6 Å². The van der Waals surface area contributed by atoms with Gasteiger partial charge in [0, 0.05) is 37.0 Å². The van der Waals surface area contributed by atoms with Crippen LogP contribution in [0.5, 0.6) is 17.2 Å². The molecule has 0 N–H and O–H groups in total. The zero-order chi connectivity index (χ0) is 26.3. The van der Waals surface area contributed by atoms with Gasteiger partial charge in [0.15, 0.2) is 17.8 Å². The molecule has 0 aliphatic carbocycles. The Hall–Kier alpha value is -3.07. The maximum Gasteiger partial charge on any atom is 0.259 e. The molecular weight excluding hydrogens is 474 g/mol. The average Bonchev–Trinajstić information content (AvgIpc) is 3.45. The lowest BCUT2D eigenvalue weighted by Crippen LogP contribution is -2.31. The number of carbonyl (C=O) groups is 1. The number of ether oxygens (including phenoxy) is 6. The van der Waals surface area contributed by atoms with Crippen LogP contribution in [0.4, 0.5) is 5.69 Å². The maximum absolute atomic E-state index is 13.8. The van der Waals surface area contributed by atoms with Crippen LogP contribution in [0.3, 0.4) is 0 Å². The van der Waals surface area contributed by atoms with Crippen LogP contribution in [-0.2, 0) is 27.4 Å². The van der Waals surface area contributed by atoms with Gasteiger partial charge in [0.2, 0.25) is 5.75 Å². The molecule has 2 heterocycles. The fraction of sp³-hybridized carbons (Fsp3) is 0.483. The first-order chi connectivity index (χ1) is 17.9. The molecular formula is C29H35NO7. The number of nitrogens with zero attached hydrogens (tertiary/aromatic N) is 1. The van der Waals surface area contributed by atoms with E-state index >= 15 is 0 Å². The molecule has 198 valence electrons. The van der Waals surface area contributed by atoms with Gasteiger partial charge >= 0.3 is 0 Å². The molecule has 0 unspecified atom stereocenters. The summed E-state index contributed by atoms with van der Waals surface area (Å²) in [7, 11) is 3.26. The van der Waals surface area contributed by atoms with Crippen molar-refractivity contribution in [2.45, 2.75) is 59.7 Å². The summed E-state index contributed by atoms with van der Waals surface area (Å²) in [5.74, 6) is 1.69. The molecule has 2 aliphatic heterocycles. The first-order valence-corrected chi connectivity index (χ1v) is 12.9. The predicted octanol–water partition coefficient (Wildman–Crippen LogP) is 5.58. The first-order valence-electron chi connectivity index (χ1n) is 12.9. The van der Waals surface area contributed by atoms with Crippen LogP contribution in [0.15, 0.2) is 18.2 Å². The SMILES string of the molecule is CCOC(CCN1C(=O)c2cc3c(c4c2c1cc1c(OC)c(OC(C)C)c(OC)cc14)COC3)OCC. The van der Waals surface area contributed by atoms with Crippen LogP contribution in [0.25, 0.3) is 21.5 Å². The molecule has 0 aromatic heterocycles. The van der Waals surface area contributed by atoms with Crippen LogP contribution < -0.4 is 19.1 Å². The van der Waals surface area contributed by atoms with Gasteiger partial charge in [0.05, 0.1) is 44.8 Å². The molecule has 0 spiro atoms. The van der Waals surface area contributed by atoms with E-state index in [2.05, 4.69) is 0 Å². The van der Waals surface area contributed by atoms with Crippen molar-refractivity contribution < 1.29 is 33.2 Å². The summed E-state index contributed by atoms with van der Waals surface area (Å²) < 4.78 is 35.2. The van der Waals surface area contributed by atoms with Crippen LogP contribution in [-0.4, -0.2) is 52.3 Å². The van der Waals surface area contributed by atoms with E-state index < -0.39 is 0 Å². The lowest BCUT2D eigenvalue weighted by molar-refractivity contribution is -0.137. The normalized spacial score (nSPS) is 14.5. The van der Waals surface area contributed by atoms with E-state index in [9.17, 15) is 4.79 Å². The second-order valence-corrected chi connectivity index (χ2v) is 9.49. The number of amides is 1. The molecule has 37 heavy (non-hydrogen) atoms. The molecule has 3 aromatic rings. The Morgan fingerprint density at radius 1 is 0.946 bits per heavy atom. The van der Waals surface area contributed by atoms with Gasteiger partial charge in [-0.2, -0.15) is 0 Å². The smallest absolute Gasteiger partial charge is 0.259 e. The minimum Gasteiger partial charge on any atom is -0.493 e. The first kappa shape index (κ1) is 25.6. The van der Waals surface area contributed by atoms with Crippen molar-refractivity contribution in [2.24, 2.45) is 0 Å². The summed E-state index contributed by atoms with van der Waals surface area (Å²) in [5, 5.41) is 3.75. The molecule has 0 saturated heterocycles. The van der Waals surface area contributed by atoms with E-state index in [-0.39, 0.29) is 18.3 Å². The monoisotopic (exact) mass is 509 g/mol. The third kappa shape index (κ3) is 4.27. The van der Waals surface area contributed by atoms with Crippen LogP contribution in [0.2, 0.25) is 0 Å². The topological polar surface area (TPSA) is 75.7 Å². The second kappa shape index (κ2) is 10.4. The van der Waals surface area contributed by atoms with Gasteiger partial charge in [0.1, 0.15) is 0 Å². The minimum absolute atomic E-state index is 0.0265. The van der Waals surface area contributed by atoms with E-state index in [1.807, 2.05) is 50.8 Å². The summed E-state index contributed by atoms with van der Waals surface area (Å²) in [6.07, 6.45) is 0.114. The number of carbonyl (C=O) groups excluding carboxylic acids is 1. The van der Waals surface area contributed by atoms with E-state index in [1.54, 1.807) is 14.2 Å². The van der Waals surface area contributed by atoms with Gasteiger partial charge in [-0.25, -0.2) is 0 Å². The fourth-order valence-electron chi connectivity index (χ4n) is 5.47. The molecule has 0 radical (unpaired) electrons. The minimum atomic E-state index is -0.370. The zero-order valence-corrected chi connectivity index (χ0v) is 22.4. The summed E-state index contributed by atoms with van der Waals surface area (Å²) in [5.41, 5.74) is 3.69. The summed E-state index contributed by atoms with van der Waals surface area (Å²) >= 11 is 0. The molecule has 0 saturated carbocycles. The molecule has 8 heteroatoms. The molecule has 0 fully saturated rings. The van der Waals surface area contributed by atoms with E-state index in [0.717, 1.165) is 38.4 Å². The maximum atomic E-state index is 13.8. The van der Waals surface area contributed by atoms with Gasteiger partial charge in [-0.05, 0) is 67.8 Å². The average molecular weight is 510 g/mol. The number of benzene rings is 3. The van der Waals surface area contributed by atoms with E-state index in [4.69, 9.17) is 28.4 Å². The van der Waals surface area contributed by atoms with Crippen molar-refractivity contribution in [1.82, 2.24) is 0 Å². The predicted molar refractivity (Wildman–Crippen MR) is 142 cm³/mol. The highest BCUT2D eigenvalue weighted by atomic mass is 16.7. The summed E-state index contributed by atoms with van der Waals surface area (Å²) in [6.45, 7) is 10.3. The molecule has 3 aromatic carbocycles. The lowest BCUT2D eigenvalue weighted by atomic mass is 9.91. The standard InChI is InChI=1S/C29H35NO7/c1-7-35-24(36-8-2)9-10-30-22-12-19-18(13-23(32-5)28(27(19)33-6)37-16(3)4)25-21-15-34-14-17(21)11-20(26(22)25)29(30)31/h11-13,16,24H,7-10,14-15H2,1-6H3. The Balaban J connectivity index is 1.75. The molecule has 0 bridgehead atoms. The molecule has 8 nitrogen and oxygen atoms in total. The molecule has 1 amide bonds. The quantitative estimate of drug-likeness (QED) is 0.247. The Labute approximate surface area is 217 Å². The van der Waals surface area contributed by atoms with Crippen molar-refractivity contribution in [3.8, 4) is 17.2 Å². The van der Waals surface area contributed by atoms with Crippen LogP contribution in [0, 0.1) is 0 Å². The Morgan fingerprint density at radius 3 is 2.35 bits per heavy atom. The van der Waals surface area contributed by atoms with Gasteiger partial charge < -0.3 is 33.3 Å². The zero-order valence-electron chi connectivity index (χ0n) is 22.4. The number of hydrogen-bond acceptors (Lipinski definition) is 7. The number of fused-ring (bicyclic) bond motifs is 4. The fourth-order valence-corrected chi connectivity index (χ4v) is 5.47. The number of rotatable bonds is 11. The van der Waals surface area contributed by atoms with Crippen molar-refractivity contribution >= 4 is 33.1 Å². The highest BCUT2D eigenvalue weighted by molar-refractivity contribution is 6.31. The van der Waals surface area contributed by atoms with Gasteiger partial charge in [-0.3, -0.25) is 4.79 Å². The van der Waals surface area contributed by atoms with Crippen LogP contribution >= 0.6 is 0 Å². The van der Waals surface area contributed by atoms with Crippen molar-refractivity contribution in [1.29, 1.82) is 0 Å². The van der Waals surface area contributed by atoms with Gasteiger partial charge in [-0.15, -0.1) is 0 Å². The highest BCUT2D eigenvalue weighted by Crippen LogP contribution is 2.52. The number of hydrogen-bond donors (Lipinski definition) is 0. The van der Waals surface area contributed by atoms with Gasteiger partial charge in [0.25, 0.3) is 5.91 Å². The Morgan fingerprint density at radius 2 is 1.70 bits per heavy atom. The summed E-state index contributed by atoms with van der Waals surface area (Å²) in [4.78, 5) is 15.6. The largest absolute Gasteiger partial charge is 0.493 e. The van der Waals surface area contributed by atoms with Gasteiger partial charge in [-0.1, -0.05) is 0 Å². The van der Waals surface area contributed by atoms with E-state index in [0.29, 0.717) is 62.2 Å². The van der Waals surface area contributed by atoms with Crippen molar-refractivity contribution in [3.63, 3.8) is 0 Å². The number of anilines is 1. The molecule has 0 atom stereocenters. The number of methoxy groups -OCH3 is 2. The third-order valence-electron chi connectivity index (χ3n) is 6.92. The third-order valence-corrected chi connectivity index (χ3v) is 6.92. The molecule has 2 aliphatic rings. The lowest BCUT2D eigenvalue weighted by Gasteiger charge is -2.23. The Kier molecular flexibility index (Phi) is 7.16. The Bertz CT molecular complexity index is 1340. The summed E-state index contributed by atoms with van der Waals surface area (Å²) in [6, 6.07) is 6.02. The highest BCUT2D eigenvalue weighted by Gasteiger charge is 2.35.